The molecular weight excluding hydrogens is 408 g/mol. The van der Waals surface area contributed by atoms with Gasteiger partial charge in [0.05, 0.1) is 29.0 Å². The topological polar surface area (TPSA) is 68.1 Å². The number of hydrogen-bond donors (Lipinski definition) is 0. The number of halogens is 1. The third-order valence-electron chi connectivity index (χ3n) is 4.95. The van der Waals surface area contributed by atoms with Gasteiger partial charge in [-0.05, 0) is 43.2 Å². The first-order valence-electron chi connectivity index (χ1n) is 8.98. The molecule has 3 aromatic rings. The number of rotatable bonds is 4. The Morgan fingerprint density at radius 3 is 2.93 bits per heavy atom. The quantitative estimate of drug-likeness (QED) is 0.641. The fourth-order valence-corrected chi connectivity index (χ4v) is 3.96. The van der Waals surface area contributed by atoms with Gasteiger partial charge in [0.15, 0.2) is 0 Å². The van der Waals surface area contributed by atoms with Crippen LogP contribution >= 0.6 is 15.9 Å². The monoisotopic (exact) mass is 426 g/mol. The molecule has 1 unspecified atom stereocenters. The summed E-state index contributed by atoms with van der Waals surface area (Å²) in [4.78, 5) is 36.1. The number of aryl methyl sites for hydroxylation is 1. The number of hydrogen-bond acceptors (Lipinski definition) is 4. The molecule has 138 valence electrons. The Bertz CT molecular complexity index is 1040. The maximum atomic E-state index is 12.8. The molecule has 0 radical (unpaired) electrons. The molecule has 1 atom stereocenters. The Hall–Kier alpha value is -2.54. The van der Waals surface area contributed by atoms with Crippen LogP contribution in [0.4, 0.5) is 0 Å². The number of pyridine rings is 1. The van der Waals surface area contributed by atoms with E-state index in [9.17, 15) is 9.59 Å². The van der Waals surface area contributed by atoms with Gasteiger partial charge in [0.1, 0.15) is 0 Å². The lowest BCUT2D eigenvalue weighted by Gasteiger charge is -2.24. The van der Waals surface area contributed by atoms with E-state index in [1.54, 1.807) is 18.3 Å². The molecule has 1 aliphatic rings. The van der Waals surface area contributed by atoms with Crippen molar-refractivity contribution >= 4 is 32.7 Å². The zero-order valence-corrected chi connectivity index (χ0v) is 16.3. The van der Waals surface area contributed by atoms with Crippen LogP contribution in [0.25, 0.3) is 10.9 Å². The highest BCUT2D eigenvalue weighted by molar-refractivity contribution is 9.10. The van der Waals surface area contributed by atoms with Crippen LogP contribution in [0, 0.1) is 0 Å². The second-order valence-electron chi connectivity index (χ2n) is 6.65. The summed E-state index contributed by atoms with van der Waals surface area (Å²) in [6.45, 7) is 1.05. The number of benzene rings is 1. The molecule has 0 N–H and O–H groups in total. The second-order valence-corrected chi connectivity index (χ2v) is 7.57. The van der Waals surface area contributed by atoms with Gasteiger partial charge < -0.3 is 4.90 Å². The third-order valence-corrected chi connectivity index (χ3v) is 5.45. The lowest BCUT2D eigenvalue weighted by molar-refractivity contribution is -0.132. The standard InChI is InChI=1S/C20H19BrN4O2/c21-14-6-7-16-15(12-14)20(27)24(13-23-16)11-8-19(26)25-10-3-5-18(25)17-4-1-2-9-22-17/h1-2,4,6-7,9,12-13,18H,3,5,8,10-11H2. The molecule has 1 amide bonds. The highest BCUT2D eigenvalue weighted by Gasteiger charge is 2.30. The molecule has 0 bridgehead atoms. The predicted octanol–water partition coefficient (Wildman–Crippen LogP) is 3.31. The molecular formula is C20H19BrN4O2. The lowest BCUT2D eigenvalue weighted by Crippen LogP contribution is -2.32. The van der Waals surface area contributed by atoms with E-state index in [0.717, 1.165) is 29.6 Å². The number of likely N-dealkylation sites (tertiary alicyclic amines) is 1. The normalized spacial score (nSPS) is 16.8. The van der Waals surface area contributed by atoms with Crippen LogP contribution in [-0.4, -0.2) is 31.9 Å². The molecule has 3 heterocycles. The van der Waals surface area contributed by atoms with Crippen molar-refractivity contribution in [3.63, 3.8) is 0 Å². The molecule has 1 fully saturated rings. The first-order valence-corrected chi connectivity index (χ1v) is 9.78. The minimum absolute atomic E-state index is 0.0288. The minimum Gasteiger partial charge on any atom is -0.334 e. The van der Waals surface area contributed by atoms with Crippen LogP contribution in [0.2, 0.25) is 0 Å². The van der Waals surface area contributed by atoms with E-state index in [-0.39, 0.29) is 23.9 Å². The van der Waals surface area contributed by atoms with Gasteiger partial charge in [-0.25, -0.2) is 4.98 Å². The van der Waals surface area contributed by atoms with Crippen LogP contribution in [-0.2, 0) is 11.3 Å². The first-order chi connectivity index (χ1) is 13.1. The van der Waals surface area contributed by atoms with Gasteiger partial charge in [-0.1, -0.05) is 22.0 Å². The van der Waals surface area contributed by atoms with Crippen molar-refractivity contribution in [1.82, 2.24) is 19.4 Å². The van der Waals surface area contributed by atoms with E-state index in [2.05, 4.69) is 25.9 Å². The largest absolute Gasteiger partial charge is 0.334 e. The first kappa shape index (κ1) is 17.9. The molecule has 1 saturated heterocycles. The third kappa shape index (κ3) is 3.64. The van der Waals surface area contributed by atoms with E-state index < -0.39 is 0 Å². The summed E-state index contributed by atoms with van der Waals surface area (Å²) in [5, 5.41) is 0.548. The summed E-state index contributed by atoms with van der Waals surface area (Å²) in [5.74, 6) is 0.0457. The van der Waals surface area contributed by atoms with Crippen molar-refractivity contribution in [3.8, 4) is 0 Å². The molecule has 0 spiro atoms. The van der Waals surface area contributed by atoms with Gasteiger partial charge in [0.2, 0.25) is 5.91 Å². The van der Waals surface area contributed by atoms with Gasteiger partial charge in [0, 0.05) is 30.2 Å². The van der Waals surface area contributed by atoms with Crippen molar-refractivity contribution in [3.05, 3.63) is 69.4 Å². The number of amides is 1. The molecule has 6 nitrogen and oxygen atoms in total. The summed E-state index contributed by atoms with van der Waals surface area (Å²) in [5.41, 5.74) is 1.45. The van der Waals surface area contributed by atoms with Crippen molar-refractivity contribution in [2.75, 3.05) is 6.54 Å². The molecule has 0 saturated carbocycles. The number of carbonyl (C=O) groups is 1. The van der Waals surface area contributed by atoms with E-state index in [4.69, 9.17) is 0 Å². The summed E-state index contributed by atoms with van der Waals surface area (Å²) < 4.78 is 2.34. The zero-order valence-electron chi connectivity index (χ0n) is 14.7. The second kappa shape index (κ2) is 7.60. The SMILES string of the molecule is O=C(CCn1cnc2ccc(Br)cc2c1=O)N1CCCC1c1ccccn1. The van der Waals surface area contributed by atoms with Crippen LogP contribution in [0.15, 0.2) is 58.2 Å². The van der Waals surface area contributed by atoms with Gasteiger partial charge in [0.25, 0.3) is 5.56 Å². The Morgan fingerprint density at radius 1 is 1.22 bits per heavy atom. The number of fused-ring (bicyclic) bond motifs is 1. The summed E-state index contributed by atoms with van der Waals surface area (Å²) in [6.07, 6.45) is 5.44. The minimum atomic E-state index is -0.128. The lowest BCUT2D eigenvalue weighted by atomic mass is 10.1. The Balaban J connectivity index is 1.50. The molecule has 1 aliphatic heterocycles. The number of nitrogens with zero attached hydrogens (tertiary/aromatic N) is 4. The highest BCUT2D eigenvalue weighted by atomic mass is 79.9. The van der Waals surface area contributed by atoms with E-state index >= 15 is 0 Å². The summed E-state index contributed by atoms with van der Waals surface area (Å²) in [7, 11) is 0. The highest BCUT2D eigenvalue weighted by Crippen LogP contribution is 2.31. The van der Waals surface area contributed by atoms with Crippen LogP contribution < -0.4 is 5.56 Å². The molecule has 27 heavy (non-hydrogen) atoms. The van der Waals surface area contributed by atoms with Crippen LogP contribution in [0.5, 0.6) is 0 Å². The van der Waals surface area contributed by atoms with Gasteiger partial charge in [-0.15, -0.1) is 0 Å². The average molecular weight is 427 g/mol. The van der Waals surface area contributed by atoms with E-state index in [1.807, 2.05) is 29.2 Å². The molecule has 1 aromatic carbocycles. The summed E-state index contributed by atoms with van der Waals surface area (Å²) in [6, 6.07) is 11.2. The molecule has 2 aromatic heterocycles. The molecule has 4 rings (SSSR count). The van der Waals surface area contributed by atoms with Gasteiger partial charge in [-0.3, -0.25) is 19.1 Å². The molecule has 0 aliphatic carbocycles. The Morgan fingerprint density at radius 2 is 2.11 bits per heavy atom. The smallest absolute Gasteiger partial charge is 0.261 e. The fourth-order valence-electron chi connectivity index (χ4n) is 3.60. The van der Waals surface area contributed by atoms with Crippen molar-refractivity contribution < 1.29 is 4.79 Å². The van der Waals surface area contributed by atoms with Crippen LogP contribution in [0.1, 0.15) is 31.0 Å². The van der Waals surface area contributed by atoms with E-state index in [1.165, 1.54) is 10.9 Å². The van der Waals surface area contributed by atoms with Gasteiger partial charge >= 0.3 is 0 Å². The van der Waals surface area contributed by atoms with Crippen molar-refractivity contribution in [2.45, 2.75) is 31.8 Å². The Labute approximate surface area is 165 Å². The number of carbonyl (C=O) groups excluding carboxylic acids is 1. The van der Waals surface area contributed by atoms with Gasteiger partial charge in [-0.2, -0.15) is 0 Å². The average Bonchev–Trinajstić information content (AvgIpc) is 3.18. The predicted molar refractivity (Wildman–Crippen MR) is 106 cm³/mol. The molecule has 7 heteroatoms. The van der Waals surface area contributed by atoms with Crippen molar-refractivity contribution in [2.24, 2.45) is 0 Å². The maximum absolute atomic E-state index is 12.8. The Kier molecular flexibility index (Phi) is 5.03. The zero-order chi connectivity index (χ0) is 18.8. The summed E-state index contributed by atoms with van der Waals surface area (Å²) >= 11 is 3.38. The van der Waals surface area contributed by atoms with Crippen molar-refractivity contribution in [1.29, 1.82) is 0 Å². The number of aromatic nitrogens is 3. The maximum Gasteiger partial charge on any atom is 0.261 e. The fraction of sp³-hybridized carbons (Fsp3) is 0.300. The van der Waals surface area contributed by atoms with E-state index in [0.29, 0.717) is 17.4 Å². The van der Waals surface area contributed by atoms with Crippen LogP contribution in [0.3, 0.4) is 0 Å².